The van der Waals surface area contributed by atoms with Gasteiger partial charge in [-0.3, -0.25) is 15.1 Å². The fourth-order valence-electron chi connectivity index (χ4n) is 3.51. The lowest BCUT2D eigenvalue weighted by molar-refractivity contribution is -0.131. The number of hydrazine groups is 1. The van der Waals surface area contributed by atoms with Crippen LogP contribution in [-0.4, -0.2) is 40.1 Å². The molecule has 0 aromatic rings. The van der Waals surface area contributed by atoms with Crippen LogP contribution in [0.25, 0.3) is 0 Å². The van der Waals surface area contributed by atoms with E-state index in [0.717, 1.165) is 25.7 Å². The summed E-state index contributed by atoms with van der Waals surface area (Å²) in [5, 5.41) is 9.77. The van der Waals surface area contributed by atoms with Crippen molar-refractivity contribution in [3.8, 4) is 0 Å². The first-order chi connectivity index (χ1) is 8.04. The normalized spacial score (nSPS) is 35.0. The maximum Gasteiger partial charge on any atom is 0.251 e. The summed E-state index contributed by atoms with van der Waals surface area (Å²) in [5.74, 6) is 5.41. The van der Waals surface area contributed by atoms with Crippen LogP contribution in [0.15, 0.2) is 0 Å². The Kier molecular flexibility index (Phi) is 3.70. The molecule has 0 saturated carbocycles. The molecule has 4 N–H and O–H groups in total. The van der Waals surface area contributed by atoms with Crippen molar-refractivity contribution in [2.24, 2.45) is 11.8 Å². The summed E-state index contributed by atoms with van der Waals surface area (Å²) in [4.78, 5) is 14.2. The first-order valence-electron chi connectivity index (χ1n) is 6.50. The molecule has 17 heavy (non-hydrogen) atoms. The van der Waals surface area contributed by atoms with Crippen molar-refractivity contribution in [3.63, 3.8) is 0 Å². The van der Waals surface area contributed by atoms with Crippen LogP contribution in [0.4, 0.5) is 0 Å². The van der Waals surface area contributed by atoms with Crippen LogP contribution < -0.4 is 11.3 Å². The van der Waals surface area contributed by atoms with E-state index in [1.165, 1.54) is 0 Å². The van der Waals surface area contributed by atoms with Crippen molar-refractivity contribution in [2.45, 2.75) is 63.8 Å². The van der Waals surface area contributed by atoms with Crippen molar-refractivity contribution < 1.29 is 9.90 Å². The smallest absolute Gasteiger partial charge is 0.251 e. The van der Waals surface area contributed by atoms with E-state index >= 15 is 0 Å². The number of aliphatic hydroxyl groups is 1. The number of hydrogen-bond acceptors (Lipinski definition) is 4. The molecule has 2 aliphatic heterocycles. The monoisotopic (exact) mass is 241 g/mol. The maximum absolute atomic E-state index is 11.9. The number of nitrogens with zero attached hydrogens (tertiary/aromatic N) is 1. The molecule has 0 aromatic carbocycles. The summed E-state index contributed by atoms with van der Waals surface area (Å²) >= 11 is 0. The van der Waals surface area contributed by atoms with Crippen LogP contribution in [0.2, 0.25) is 0 Å². The number of carbonyl (C=O) groups excluding carboxylic acids is 1. The van der Waals surface area contributed by atoms with Gasteiger partial charge < -0.3 is 5.11 Å². The number of rotatable bonds is 3. The number of nitrogens with two attached hydrogens (primary N) is 1. The maximum atomic E-state index is 11.9. The number of aliphatic hydroxyl groups excluding tert-OH is 1. The summed E-state index contributed by atoms with van der Waals surface area (Å²) in [6, 6.07) is 0.520. The first kappa shape index (κ1) is 12.8. The minimum absolute atomic E-state index is 0.103. The van der Waals surface area contributed by atoms with Gasteiger partial charge in [-0.2, -0.15) is 0 Å². The van der Waals surface area contributed by atoms with Gasteiger partial charge in [-0.1, -0.05) is 13.8 Å². The molecule has 0 spiro atoms. The zero-order valence-corrected chi connectivity index (χ0v) is 10.6. The third-order valence-corrected chi connectivity index (χ3v) is 4.13. The van der Waals surface area contributed by atoms with Gasteiger partial charge in [-0.05, 0) is 31.6 Å². The topological polar surface area (TPSA) is 78.6 Å². The fourth-order valence-corrected chi connectivity index (χ4v) is 3.51. The highest BCUT2D eigenvalue weighted by molar-refractivity contribution is 5.81. The van der Waals surface area contributed by atoms with E-state index in [-0.39, 0.29) is 24.0 Å². The number of fused-ring (bicyclic) bond motifs is 2. The minimum Gasteiger partial charge on any atom is -0.393 e. The van der Waals surface area contributed by atoms with Crippen molar-refractivity contribution in [2.75, 3.05) is 0 Å². The molecule has 2 rings (SSSR count). The lowest BCUT2D eigenvalue weighted by Gasteiger charge is -2.42. The molecule has 2 bridgehead atoms. The highest BCUT2D eigenvalue weighted by atomic mass is 16.3. The summed E-state index contributed by atoms with van der Waals surface area (Å²) in [7, 11) is 0. The Morgan fingerprint density at radius 3 is 2.29 bits per heavy atom. The number of amides is 1. The Morgan fingerprint density at radius 1 is 1.35 bits per heavy atom. The average Bonchev–Trinajstić information content (AvgIpc) is 2.52. The van der Waals surface area contributed by atoms with Gasteiger partial charge in [0.25, 0.3) is 5.91 Å². The lowest BCUT2D eigenvalue weighted by atomic mass is 9.93. The summed E-state index contributed by atoms with van der Waals surface area (Å²) in [5.41, 5.74) is 2.28. The second-order valence-corrected chi connectivity index (χ2v) is 5.65. The van der Waals surface area contributed by atoms with Gasteiger partial charge >= 0.3 is 0 Å². The highest BCUT2D eigenvalue weighted by Gasteiger charge is 2.46. The molecule has 0 radical (unpaired) electrons. The van der Waals surface area contributed by atoms with Gasteiger partial charge in [0.2, 0.25) is 0 Å². The zero-order chi connectivity index (χ0) is 12.6. The summed E-state index contributed by atoms with van der Waals surface area (Å²) < 4.78 is 0. The van der Waals surface area contributed by atoms with Gasteiger partial charge in [0.05, 0.1) is 12.1 Å². The quantitative estimate of drug-likeness (QED) is 0.369. The SMILES string of the molecule is CC(C)C(C(=O)NN)N1C2CCC1CC(O)C2. The van der Waals surface area contributed by atoms with E-state index in [9.17, 15) is 9.90 Å². The van der Waals surface area contributed by atoms with Crippen molar-refractivity contribution in [1.29, 1.82) is 0 Å². The number of hydrogen-bond donors (Lipinski definition) is 3. The second kappa shape index (κ2) is 4.92. The van der Waals surface area contributed by atoms with Crippen molar-refractivity contribution in [1.82, 2.24) is 10.3 Å². The van der Waals surface area contributed by atoms with E-state index in [1.54, 1.807) is 0 Å². The van der Waals surface area contributed by atoms with E-state index in [4.69, 9.17) is 5.84 Å². The molecular formula is C12H23N3O2. The van der Waals surface area contributed by atoms with Gasteiger partial charge in [0, 0.05) is 12.1 Å². The Hall–Kier alpha value is -0.650. The molecule has 3 unspecified atom stereocenters. The molecule has 1 amide bonds. The molecular weight excluding hydrogens is 218 g/mol. The van der Waals surface area contributed by atoms with Crippen LogP contribution in [0.5, 0.6) is 0 Å². The van der Waals surface area contributed by atoms with Crippen molar-refractivity contribution in [3.05, 3.63) is 0 Å². The Bertz CT molecular complexity index is 281. The van der Waals surface area contributed by atoms with Crippen molar-refractivity contribution >= 4 is 5.91 Å². The van der Waals surface area contributed by atoms with E-state index in [0.29, 0.717) is 12.1 Å². The van der Waals surface area contributed by atoms with Gasteiger partial charge in [-0.15, -0.1) is 0 Å². The van der Waals surface area contributed by atoms with Crippen LogP contribution in [0, 0.1) is 5.92 Å². The zero-order valence-electron chi connectivity index (χ0n) is 10.6. The predicted octanol–water partition coefficient (Wildman–Crippen LogP) is -0.0114. The van der Waals surface area contributed by atoms with E-state index in [1.807, 2.05) is 13.8 Å². The number of nitrogens with one attached hydrogen (secondary N) is 1. The molecule has 2 aliphatic rings. The molecule has 5 nitrogen and oxygen atoms in total. The molecule has 5 heteroatoms. The second-order valence-electron chi connectivity index (χ2n) is 5.65. The standard InChI is InChI=1S/C12H23N3O2/c1-7(2)11(12(17)14-13)15-8-3-4-9(15)6-10(16)5-8/h7-11,16H,3-6,13H2,1-2H3,(H,14,17). The molecule has 0 aromatic heterocycles. The third-order valence-electron chi connectivity index (χ3n) is 4.13. The fraction of sp³-hybridized carbons (Fsp3) is 0.917. The summed E-state index contributed by atoms with van der Waals surface area (Å²) in [6.45, 7) is 4.09. The lowest BCUT2D eigenvalue weighted by Crippen LogP contribution is -2.58. The predicted molar refractivity (Wildman–Crippen MR) is 64.8 cm³/mol. The van der Waals surface area contributed by atoms with Gasteiger partial charge in [0.15, 0.2) is 0 Å². The van der Waals surface area contributed by atoms with E-state index in [2.05, 4.69) is 10.3 Å². The molecule has 2 fully saturated rings. The minimum atomic E-state index is -0.197. The third kappa shape index (κ3) is 2.32. The van der Waals surface area contributed by atoms with Crippen LogP contribution >= 0.6 is 0 Å². The summed E-state index contributed by atoms with van der Waals surface area (Å²) in [6.07, 6.45) is 3.55. The number of carbonyl (C=O) groups is 1. The van der Waals surface area contributed by atoms with E-state index < -0.39 is 0 Å². The average molecular weight is 241 g/mol. The Labute approximate surface area is 102 Å². The Balaban J connectivity index is 2.17. The molecule has 0 aliphatic carbocycles. The molecule has 2 heterocycles. The van der Waals surface area contributed by atoms with Crippen LogP contribution in [-0.2, 0) is 4.79 Å². The Morgan fingerprint density at radius 2 is 1.88 bits per heavy atom. The molecule has 2 saturated heterocycles. The number of piperidine rings is 1. The van der Waals surface area contributed by atoms with Crippen LogP contribution in [0.3, 0.4) is 0 Å². The highest BCUT2D eigenvalue weighted by Crippen LogP contribution is 2.38. The van der Waals surface area contributed by atoms with Crippen LogP contribution in [0.1, 0.15) is 39.5 Å². The van der Waals surface area contributed by atoms with Gasteiger partial charge in [-0.25, -0.2) is 5.84 Å². The first-order valence-corrected chi connectivity index (χ1v) is 6.50. The molecule has 3 atom stereocenters. The van der Waals surface area contributed by atoms with Gasteiger partial charge in [0.1, 0.15) is 0 Å². The molecule has 98 valence electrons. The largest absolute Gasteiger partial charge is 0.393 e.